The highest BCUT2D eigenvalue weighted by Crippen LogP contribution is 2.17. The lowest BCUT2D eigenvalue weighted by molar-refractivity contribution is -0.134. The fourth-order valence-corrected chi connectivity index (χ4v) is 1.91. The van der Waals surface area contributed by atoms with Crippen molar-refractivity contribution < 1.29 is 14.6 Å². The van der Waals surface area contributed by atoms with Gasteiger partial charge in [0.15, 0.2) is 0 Å². The van der Waals surface area contributed by atoms with Crippen LogP contribution < -0.4 is 10.1 Å². The van der Waals surface area contributed by atoms with Gasteiger partial charge in [-0.2, -0.15) is 5.26 Å². The van der Waals surface area contributed by atoms with Gasteiger partial charge in [-0.3, -0.25) is 4.79 Å². The van der Waals surface area contributed by atoms with E-state index in [9.17, 15) is 4.79 Å². The Balaban J connectivity index is 1.84. The van der Waals surface area contributed by atoms with E-state index in [2.05, 4.69) is 11.4 Å². The molecule has 2 aromatic carbocycles. The van der Waals surface area contributed by atoms with Gasteiger partial charge in [0.1, 0.15) is 12.3 Å². The predicted octanol–water partition coefficient (Wildman–Crippen LogP) is 2.68. The first kappa shape index (κ1) is 15.4. The van der Waals surface area contributed by atoms with Crippen molar-refractivity contribution in [2.24, 2.45) is 0 Å². The van der Waals surface area contributed by atoms with E-state index in [-0.39, 0.29) is 6.54 Å². The van der Waals surface area contributed by atoms with Crippen LogP contribution in [0, 0.1) is 11.3 Å². The molecule has 0 aliphatic heterocycles. The molecule has 0 saturated carbocycles. The highest BCUT2D eigenvalue weighted by Gasteiger charge is 2.00. The third kappa shape index (κ3) is 4.84. The molecular weight excluding hydrogens is 280 g/mol. The Bertz CT molecular complexity index is 675. The molecule has 0 heterocycles. The van der Waals surface area contributed by atoms with Crippen LogP contribution in [-0.4, -0.2) is 24.2 Å². The molecule has 112 valence electrons. The molecule has 0 unspecified atom stereocenters. The van der Waals surface area contributed by atoms with E-state index in [0.717, 1.165) is 12.0 Å². The summed E-state index contributed by atoms with van der Waals surface area (Å²) in [5, 5.41) is 20.2. The maximum absolute atomic E-state index is 10.5. The summed E-state index contributed by atoms with van der Waals surface area (Å²) in [6.45, 7) is 0.378. The number of nitriles is 1. The van der Waals surface area contributed by atoms with Gasteiger partial charge in [0, 0.05) is 18.2 Å². The quantitative estimate of drug-likeness (QED) is 0.821. The zero-order valence-corrected chi connectivity index (χ0v) is 12.0. The van der Waals surface area contributed by atoms with E-state index in [0.29, 0.717) is 23.6 Å². The molecule has 2 N–H and O–H groups in total. The summed E-state index contributed by atoms with van der Waals surface area (Å²) in [6.07, 6.45) is 0.735. The molecular formula is C17H16N2O3. The second-order valence-electron chi connectivity index (χ2n) is 4.68. The second kappa shape index (κ2) is 7.70. The fraction of sp³-hybridized carbons (Fsp3) is 0.176. The number of rotatable bonds is 7. The fourth-order valence-electron chi connectivity index (χ4n) is 1.91. The van der Waals surface area contributed by atoms with Gasteiger partial charge in [0.25, 0.3) is 0 Å². The van der Waals surface area contributed by atoms with E-state index in [1.54, 1.807) is 30.3 Å². The van der Waals surface area contributed by atoms with Crippen molar-refractivity contribution in [1.29, 1.82) is 5.26 Å². The molecule has 0 fully saturated rings. The number of hydrogen-bond donors (Lipinski definition) is 2. The lowest BCUT2D eigenvalue weighted by Crippen LogP contribution is -2.12. The van der Waals surface area contributed by atoms with Crippen molar-refractivity contribution in [3.05, 3.63) is 59.7 Å². The zero-order chi connectivity index (χ0) is 15.8. The first-order valence-corrected chi connectivity index (χ1v) is 6.85. The Morgan fingerprint density at radius 2 is 2.00 bits per heavy atom. The predicted molar refractivity (Wildman–Crippen MR) is 82.9 cm³/mol. The molecule has 0 aliphatic carbocycles. The smallest absolute Gasteiger partial charge is 0.322 e. The molecule has 2 rings (SSSR count). The minimum atomic E-state index is -0.910. The number of anilines is 1. The summed E-state index contributed by atoms with van der Waals surface area (Å²) in [4.78, 5) is 10.5. The van der Waals surface area contributed by atoms with Crippen LogP contribution in [0.5, 0.6) is 5.75 Å². The third-order valence-electron chi connectivity index (χ3n) is 3.02. The summed E-state index contributed by atoms with van der Waals surface area (Å²) in [5.74, 6) is -0.226. The van der Waals surface area contributed by atoms with Crippen molar-refractivity contribution in [1.82, 2.24) is 0 Å². The van der Waals surface area contributed by atoms with Crippen LogP contribution in [0.4, 0.5) is 5.69 Å². The molecule has 0 radical (unpaired) electrons. The van der Waals surface area contributed by atoms with Gasteiger partial charge in [0.05, 0.1) is 18.2 Å². The van der Waals surface area contributed by atoms with Gasteiger partial charge in [-0.25, -0.2) is 0 Å². The van der Waals surface area contributed by atoms with Crippen LogP contribution in [0.1, 0.15) is 11.1 Å². The van der Waals surface area contributed by atoms with Crippen LogP contribution in [0.3, 0.4) is 0 Å². The second-order valence-corrected chi connectivity index (χ2v) is 4.68. The number of benzene rings is 2. The Labute approximate surface area is 128 Å². The highest BCUT2D eigenvalue weighted by atomic mass is 16.5. The number of nitrogens with one attached hydrogen (secondary N) is 1. The maximum Gasteiger partial charge on any atom is 0.322 e. The number of ether oxygens (including phenoxy) is 1. The van der Waals surface area contributed by atoms with E-state index in [1.165, 1.54) is 0 Å². The van der Waals surface area contributed by atoms with E-state index in [4.69, 9.17) is 15.1 Å². The molecule has 5 heteroatoms. The molecule has 0 aliphatic rings. The van der Waals surface area contributed by atoms with Crippen LogP contribution >= 0.6 is 0 Å². The third-order valence-corrected chi connectivity index (χ3v) is 3.02. The van der Waals surface area contributed by atoms with Gasteiger partial charge >= 0.3 is 5.97 Å². The average Bonchev–Trinajstić information content (AvgIpc) is 2.54. The number of carbonyl (C=O) groups is 1. The lowest BCUT2D eigenvalue weighted by Gasteiger charge is -2.09. The molecule has 0 bridgehead atoms. The van der Waals surface area contributed by atoms with Crippen molar-refractivity contribution in [2.45, 2.75) is 6.42 Å². The molecule has 22 heavy (non-hydrogen) atoms. The molecule has 0 spiro atoms. The molecule has 0 saturated heterocycles. The average molecular weight is 296 g/mol. The van der Waals surface area contributed by atoms with E-state index < -0.39 is 5.97 Å². The van der Waals surface area contributed by atoms with Gasteiger partial charge in [0.2, 0.25) is 0 Å². The SMILES string of the molecule is N#Cc1ccc(CCOc2cccc(NCC(=O)O)c2)cc1. The number of nitrogens with zero attached hydrogens (tertiary/aromatic N) is 1. The van der Waals surface area contributed by atoms with Crippen LogP contribution in [0.15, 0.2) is 48.5 Å². The van der Waals surface area contributed by atoms with Gasteiger partial charge < -0.3 is 15.2 Å². The Morgan fingerprint density at radius 3 is 2.68 bits per heavy atom. The number of carboxylic acid groups (broad SMARTS) is 1. The van der Waals surface area contributed by atoms with Gasteiger partial charge in [-0.15, -0.1) is 0 Å². The molecule has 0 atom stereocenters. The minimum absolute atomic E-state index is 0.130. The standard InChI is InChI=1S/C17H16N2O3/c18-11-14-6-4-13(5-7-14)8-9-22-16-3-1-2-15(10-16)19-12-17(20)21/h1-7,10,19H,8-9,12H2,(H,20,21). The van der Waals surface area contributed by atoms with Crippen molar-refractivity contribution in [3.63, 3.8) is 0 Å². The lowest BCUT2D eigenvalue weighted by atomic mass is 10.1. The Hall–Kier alpha value is -3.00. The van der Waals surface area contributed by atoms with E-state index in [1.807, 2.05) is 18.2 Å². The van der Waals surface area contributed by atoms with Crippen LogP contribution in [0.25, 0.3) is 0 Å². The molecule has 2 aromatic rings. The molecule has 0 amide bonds. The Kier molecular flexibility index (Phi) is 5.38. The summed E-state index contributed by atoms with van der Waals surface area (Å²) >= 11 is 0. The van der Waals surface area contributed by atoms with Crippen molar-refractivity contribution in [2.75, 3.05) is 18.5 Å². The van der Waals surface area contributed by atoms with Gasteiger partial charge in [-0.05, 0) is 29.8 Å². The van der Waals surface area contributed by atoms with Crippen LogP contribution in [0.2, 0.25) is 0 Å². The highest BCUT2D eigenvalue weighted by molar-refractivity contribution is 5.72. The number of aliphatic carboxylic acids is 1. The minimum Gasteiger partial charge on any atom is -0.493 e. The maximum atomic E-state index is 10.5. The first-order valence-electron chi connectivity index (χ1n) is 6.85. The normalized spacial score (nSPS) is 9.77. The summed E-state index contributed by atoms with van der Waals surface area (Å²) in [6, 6.07) is 16.7. The molecule has 5 nitrogen and oxygen atoms in total. The summed E-state index contributed by atoms with van der Waals surface area (Å²) < 4.78 is 5.66. The van der Waals surface area contributed by atoms with E-state index >= 15 is 0 Å². The van der Waals surface area contributed by atoms with Crippen molar-refractivity contribution in [3.8, 4) is 11.8 Å². The topological polar surface area (TPSA) is 82.3 Å². The number of hydrogen-bond acceptors (Lipinski definition) is 4. The summed E-state index contributed by atoms with van der Waals surface area (Å²) in [5.41, 5.74) is 2.44. The zero-order valence-electron chi connectivity index (χ0n) is 12.0. The molecule has 0 aromatic heterocycles. The van der Waals surface area contributed by atoms with Crippen LogP contribution in [-0.2, 0) is 11.2 Å². The van der Waals surface area contributed by atoms with Gasteiger partial charge in [-0.1, -0.05) is 18.2 Å². The Morgan fingerprint density at radius 1 is 1.23 bits per heavy atom. The largest absolute Gasteiger partial charge is 0.493 e. The number of carboxylic acids is 1. The van der Waals surface area contributed by atoms with Crippen molar-refractivity contribution >= 4 is 11.7 Å². The summed E-state index contributed by atoms with van der Waals surface area (Å²) in [7, 11) is 0. The monoisotopic (exact) mass is 296 g/mol. The first-order chi connectivity index (χ1) is 10.7.